The Balaban J connectivity index is 1.50. The lowest BCUT2D eigenvalue weighted by Gasteiger charge is -2.27. The molecule has 2 fully saturated rings. The third kappa shape index (κ3) is 4.55. The Labute approximate surface area is 137 Å². The highest BCUT2D eigenvalue weighted by Gasteiger charge is 2.25. The zero-order valence-electron chi connectivity index (χ0n) is 13.4. The van der Waals surface area contributed by atoms with Gasteiger partial charge in [-0.15, -0.1) is 0 Å². The summed E-state index contributed by atoms with van der Waals surface area (Å²) in [5.74, 6) is 0.244. The Bertz CT molecular complexity index is 566. The second-order valence-corrected chi connectivity index (χ2v) is 6.79. The SMILES string of the molecule is NC1CCCCC1CC(=O)Nc1ccc(C(=O)NC2CC2)cc1. The molecular weight excluding hydrogens is 290 g/mol. The maximum Gasteiger partial charge on any atom is 0.251 e. The van der Waals surface area contributed by atoms with E-state index in [4.69, 9.17) is 5.73 Å². The molecule has 124 valence electrons. The van der Waals surface area contributed by atoms with E-state index < -0.39 is 0 Å². The smallest absolute Gasteiger partial charge is 0.251 e. The van der Waals surface area contributed by atoms with Crippen LogP contribution >= 0.6 is 0 Å². The first kappa shape index (κ1) is 16.0. The van der Waals surface area contributed by atoms with Crippen molar-refractivity contribution in [1.29, 1.82) is 0 Å². The van der Waals surface area contributed by atoms with Crippen LogP contribution in [0.25, 0.3) is 0 Å². The zero-order chi connectivity index (χ0) is 16.2. The number of nitrogens with two attached hydrogens (primary N) is 1. The van der Waals surface area contributed by atoms with Crippen LogP contribution in [0.2, 0.25) is 0 Å². The average Bonchev–Trinajstić information content (AvgIpc) is 3.34. The summed E-state index contributed by atoms with van der Waals surface area (Å²) in [4.78, 5) is 24.1. The van der Waals surface area contributed by atoms with Crippen LogP contribution in [0.15, 0.2) is 24.3 Å². The van der Waals surface area contributed by atoms with E-state index in [1.54, 1.807) is 24.3 Å². The first-order chi connectivity index (χ1) is 11.1. The topological polar surface area (TPSA) is 84.2 Å². The van der Waals surface area contributed by atoms with Gasteiger partial charge < -0.3 is 16.4 Å². The first-order valence-corrected chi connectivity index (χ1v) is 8.58. The van der Waals surface area contributed by atoms with Crippen LogP contribution < -0.4 is 16.4 Å². The molecule has 1 aromatic carbocycles. The quantitative estimate of drug-likeness (QED) is 0.780. The van der Waals surface area contributed by atoms with Gasteiger partial charge in [0.25, 0.3) is 5.91 Å². The molecule has 0 radical (unpaired) electrons. The van der Waals surface area contributed by atoms with Crippen LogP contribution in [0.3, 0.4) is 0 Å². The molecule has 0 heterocycles. The number of anilines is 1. The lowest BCUT2D eigenvalue weighted by atomic mass is 9.83. The summed E-state index contributed by atoms with van der Waals surface area (Å²) in [7, 11) is 0. The van der Waals surface area contributed by atoms with Gasteiger partial charge in [-0.2, -0.15) is 0 Å². The number of carbonyl (C=O) groups is 2. The van der Waals surface area contributed by atoms with E-state index in [1.807, 2.05) is 0 Å². The third-order valence-electron chi connectivity index (χ3n) is 4.76. The molecule has 0 saturated heterocycles. The number of nitrogens with one attached hydrogen (secondary N) is 2. The molecule has 3 rings (SSSR count). The Morgan fingerprint density at radius 3 is 2.39 bits per heavy atom. The van der Waals surface area contributed by atoms with Crippen LogP contribution in [0.1, 0.15) is 55.3 Å². The van der Waals surface area contributed by atoms with Crippen molar-refractivity contribution in [1.82, 2.24) is 5.32 Å². The molecule has 2 aliphatic carbocycles. The highest BCUT2D eigenvalue weighted by molar-refractivity contribution is 5.96. The van der Waals surface area contributed by atoms with E-state index in [0.29, 0.717) is 18.0 Å². The molecule has 2 unspecified atom stereocenters. The Morgan fingerprint density at radius 1 is 1.04 bits per heavy atom. The normalized spacial score (nSPS) is 24.0. The number of carbonyl (C=O) groups excluding carboxylic acids is 2. The Kier molecular flexibility index (Phi) is 4.96. The van der Waals surface area contributed by atoms with Crippen LogP contribution in [0, 0.1) is 5.92 Å². The molecule has 2 saturated carbocycles. The fourth-order valence-corrected chi connectivity index (χ4v) is 3.14. The van der Waals surface area contributed by atoms with Gasteiger partial charge in [-0.1, -0.05) is 12.8 Å². The summed E-state index contributed by atoms with van der Waals surface area (Å²) >= 11 is 0. The van der Waals surface area contributed by atoms with Gasteiger partial charge in [0, 0.05) is 29.8 Å². The molecule has 2 amide bonds. The molecule has 0 aliphatic heterocycles. The van der Waals surface area contributed by atoms with Gasteiger partial charge in [-0.3, -0.25) is 9.59 Å². The van der Waals surface area contributed by atoms with E-state index in [9.17, 15) is 9.59 Å². The van der Waals surface area contributed by atoms with Crippen molar-refractivity contribution in [3.8, 4) is 0 Å². The summed E-state index contributed by atoms with van der Waals surface area (Å²) in [6.07, 6.45) is 7.01. The van der Waals surface area contributed by atoms with E-state index in [2.05, 4.69) is 10.6 Å². The Morgan fingerprint density at radius 2 is 1.74 bits per heavy atom. The molecule has 0 aromatic heterocycles. The number of hydrogen-bond donors (Lipinski definition) is 3. The Hall–Kier alpha value is -1.88. The molecule has 2 atom stereocenters. The fraction of sp³-hybridized carbons (Fsp3) is 0.556. The van der Waals surface area contributed by atoms with Gasteiger partial charge in [0.15, 0.2) is 0 Å². The molecule has 23 heavy (non-hydrogen) atoms. The van der Waals surface area contributed by atoms with Crippen LogP contribution in [0.4, 0.5) is 5.69 Å². The number of amides is 2. The van der Waals surface area contributed by atoms with Crippen molar-refractivity contribution >= 4 is 17.5 Å². The molecular formula is C18H25N3O2. The lowest BCUT2D eigenvalue weighted by molar-refractivity contribution is -0.117. The second-order valence-electron chi connectivity index (χ2n) is 6.79. The van der Waals surface area contributed by atoms with Gasteiger partial charge in [0.2, 0.25) is 5.91 Å². The molecule has 4 N–H and O–H groups in total. The summed E-state index contributed by atoms with van der Waals surface area (Å²) in [6, 6.07) is 7.55. The van der Waals surface area contributed by atoms with Gasteiger partial charge in [0.1, 0.15) is 0 Å². The van der Waals surface area contributed by atoms with Crippen molar-refractivity contribution in [2.75, 3.05) is 5.32 Å². The predicted octanol–water partition coefficient (Wildman–Crippen LogP) is 2.42. The van der Waals surface area contributed by atoms with Gasteiger partial charge in [-0.05, 0) is 55.9 Å². The van der Waals surface area contributed by atoms with Gasteiger partial charge >= 0.3 is 0 Å². The average molecular weight is 315 g/mol. The van der Waals surface area contributed by atoms with E-state index in [-0.39, 0.29) is 23.8 Å². The minimum Gasteiger partial charge on any atom is -0.349 e. The monoisotopic (exact) mass is 315 g/mol. The number of hydrogen-bond acceptors (Lipinski definition) is 3. The van der Waals surface area contributed by atoms with E-state index in [0.717, 1.165) is 37.8 Å². The first-order valence-electron chi connectivity index (χ1n) is 8.58. The van der Waals surface area contributed by atoms with E-state index >= 15 is 0 Å². The van der Waals surface area contributed by atoms with Crippen LogP contribution in [-0.2, 0) is 4.79 Å². The largest absolute Gasteiger partial charge is 0.349 e. The minimum absolute atomic E-state index is 0.00234. The van der Waals surface area contributed by atoms with Gasteiger partial charge in [-0.25, -0.2) is 0 Å². The third-order valence-corrected chi connectivity index (χ3v) is 4.76. The zero-order valence-corrected chi connectivity index (χ0v) is 13.4. The lowest BCUT2D eigenvalue weighted by Crippen LogP contribution is -2.35. The van der Waals surface area contributed by atoms with Crippen molar-refractivity contribution in [3.05, 3.63) is 29.8 Å². The summed E-state index contributed by atoms with van der Waals surface area (Å²) < 4.78 is 0. The van der Waals surface area contributed by atoms with Crippen molar-refractivity contribution in [3.63, 3.8) is 0 Å². The van der Waals surface area contributed by atoms with E-state index in [1.165, 1.54) is 6.42 Å². The fourth-order valence-electron chi connectivity index (χ4n) is 3.14. The molecule has 1 aromatic rings. The highest BCUT2D eigenvalue weighted by Crippen LogP contribution is 2.26. The highest BCUT2D eigenvalue weighted by atomic mass is 16.2. The molecule has 5 nitrogen and oxygen atoms in total. The maximum atomic E-state index is 12.2. The van der Waals surface area contributed by atoms with Crippen LogP contribution in [-0.4, -0.2) is 23.9 Å². The molecule has 0 spiro atoms. The van der Waals surface area contributed by atoms with Crippen molar-refractivity contribution in [2.45, 2.75) is 57.0 Å². The minimum atomic E-state index is -0.0430. The van der Waals surface area contributed by atoms with Crippen LogP contribution in [0.5, 0.6) is 0 Å². The van der Waals surface area contributed by atoms with Crippen molar-refractivity contribution in [2.24, 2.45) is 11.7 Å². The second kappa shape index (κ2) is 7.13. The van der Waals surface area contributed by atoms with Crippen molar-refractivity contribution < 1.29 is 9.59 Å². The number of rotatable bonds is 5. The molecule has 5 heteroatoms. The molecule has 2 aliphatic rings. The standard InChI is InChI=1S/C18H25N3O2/c19-16-4-2-1-3-13(16)11-17(22)20-14-7-5-12(6-8-14)18(23)21-15-9-10-15/h5-8,13,15-16H,1-4,9-11,19H2,(H,20,22)(H,21,23). The van der Waals surface area contributed by atoms with Gasteiger partial charge in [0.05, 0.1) is 0 Å². The summed E-state index contributed by atoms with van der Waals surface area (Å²) in [6.45, 7) is 0. The summed E-state index contributed by atoms with van der Waals surface area (Å²) in [5, 5.41) is 5.85. The molecule has 0 bridgehead atoms. The summed E-state index contributed by atoms with van der Waals surface area (Å²) in [5.41, 5.74) is 7.45. The predicted molar refractivity (Wildman–Crippen MR) is 90.1 cm³/mol. The maximum absolute atomic E-state index is 12.2. The number of benzene rings is 1.